The third kappa shape index (κ3) is 7.86. The maximum absolute atomic E-state index is 11.6. The van der Waals surface area contributed by atoms with Crippen molar-refractivity contribution in [3.63, 3.8) is 0 Å². The first kappa shape index (κ1) is 23.0. The van der Waals surface area contributed by atoms with Gasteiger partial charge in [0.2, 0.25) is 6.41 Å². The number of nitrogens with one attached hydrogen (secondary N) is 2. The largest absolute Gasteiger partial charge is 0.347 e. The lowest BCUT2D eigenvalue weighted by Crippen LogP contribution is -2.22. The molecule has 2 heterocycles. The summed E-state index contributed by atoms with van der Waals surface area (Å²) in [5, 5.41) is 10.4. The molecule has 5 nitrogen and oxygen atoms in total. The van der Waals surface area contributed by atoms with Crippen molar-refractivity contribution in [2.75, 3.05) is 5.32 Å². The van der Waals surface area contributed by atoms with Crippen LogP contribution in [0.4, 0.5) is 5.69 Å². The van der Waals surface area contributed by atoms with Crippen LogP contribution < -0.4 is 10.6 Å². The molecule has 1 aliphatic carbocycles. The van der Waals surface area contributed by atoms with Crippen LogP contribution in [0.15, 0.2) is 73.1 Å². The molecule has 2 amide bonds. The van der Waals surface area contributed by atoms with E-state index >= 15 is 0 Å². The third-order valence-corrected chi connectivity index (χ3v) is 5.41. The summed E-state index contributed by atoms with van der Waals surface area (Å²) in [6.07, 6.45) is 7.16. The molecular formula is C26H25N3O2S. The molecule has 1 saturated carbocycles. The van der Waals surface area contributed by atoms with E-state index in [9.17, 15) is 9.59 Å². The zero-order valence-corrected chi connectivity index (χ0v) is 18.7. The first-order valence-corrected chi connectivity index (χ1v) is 11.2. The van der Waals surface area contributed by atoms with Crippen molar-refractivity contribution in [3.8, 4) is 0 Å². The van der Waals surface area contributed by atoms with Gasteiger partial charge in [0.15, 0.2) is 0 Å². The SMILES string of the molecule is CC1CC1.O=C(NCc1cc#cs1)c1ccccc1.O=CNc1ccc2cnccc2c1. The van der Waals surface area contributed by atoms with E-state index < -0.39 is 0 Å². The Morgan fingerprint density at radius 3 is 2.59 bits per heavy atom. The third-order valence-electron chi connectivity index (χ3n) is 4.67. The molecule has 32 heavy (non-hydrogen) atoms. The quantitative estimate of drug-likeness (QED) is 0.400. The fourth-order valence-electron chi connectivity index (χ4n) is 2.59. The average Bonchev–Trinajstić information content (AvgIpc) is 3.44. The smallest absolute Gasteiger partial charge is 0.251 e. The Kier molecular flexibility index (Phi) is 8.79. The molecule has 1 aliphatic rings. The van der Waals surface area contributed by atoms with Crippen LogP contribution in [0, 0.1) is 17.4 Å². The molecule has 4 aromatic rings. The summed E-state index contributed by atoms with van der Waals surface area (Å²) in [5.74, 6) is 1.03. The number of anilines is 1. The number of hydrogen-bond acceptors (Lipinski definition) is 4. The van der Waals surface area contributed by atoms with Crippen molar-refractivity contribution < 1.29 is 9.59 Å². The number of fused-ring (bicyclic) bond motifs is 1. The Morgan fingerprint density at radius 2 is 1.94 bits per heavy atom. The lowest BCUT2D eigenvalue weighted by molar-refractivity contribution is -0.105. The minimum atomic E-state index is -0.0519. The monoisotopic (exact) mass is 443 g/mol. The Bertz CT molecular complexity index is 1110. The van der Waals surface area contributed by atoms with Gasteiger partial charge >= 0.3 is 0 Å². The molecule has 2 aromatic heterocycles. The van der Waals surface area contributed by atoms with Gasteiger partial charge in [-0.2, -0.15) is 0 Å². The second-order valence-electron chi connectivity index (χ2n) is 7.39. The Balaban J connectivity index is 0.000000155. The molecule has 6 heteroatoms. The fraction of sp³-hybridized carbons (Fsp3) is 0.192. The van der Waals surface area contributed by atoms with Crippen LogP contribution in [0.25, 0.3) is 10.8 Å². The van der Waals surface area contributed by atoms with Gasteiger partial charge in [0.05, 0.1) is 6.54 Å². The van der Waals surface area contributed by atoms with E-state index in [4.69, 9.17) is 0 Å². The van der Waals surface area contributed by atoms with Crippen LogP contribution >= 0.6 is 11.3 Å². The molecule has 2 N–H and O–H groups in total. The second-order valence-corrected chi connectivity index (χ2v) is 8.32. The highest BCUT2D eigenvalue weighted by atomic mass is 32.1. The van der Waals surface area contributed by atoms with Crippen molar-refractivity contribution >= 4 is 40.1 Å². The van der Waals surface area contributed by atoms with Gasteiger partial charge in [-0.1, -0.05) is 61.4 Å². The minimum Gasteiger partial charge on any atom is -0.347 e. The average molecular weight is 444 g/mol. The molecule has 2 aromatic carbocycles. The number of amides is 2. The standard InChI is InChI=1S/C12H9NOS.C10H8N2O.C4H8/c14-12(10-5-2-1-3-6-10)13-9-11-7-4-8-15-11;13-7-12-10-2-1-9-6-11-4-3-8(9)5-10;1-4-2-3-4/h1-3,5-7H,9H2,(H,13,14);1-7H,(H,12,13);4H,2-3H2,1H3. The van der Waals surface area contributed by atoms with E-state index in [1.807, 2.05) is 48.5 Å². The maximum atomic E-state index is 11.6. The highest BCUT2D eigenvalue weighted by Gasteiger charge is 2.12. The van der Waals surface area contributed by atoms with E-state index in [0.717, 1.165) is 27.3 Å². The van der Waals surface area contributed by atoms with Gasteiger partial charge < -0.3 is 10.6 Å². The van der Waals surface area contributed by atoms with E-state index in [1.54, 1.807) is 24.5 Å². The van der Waals surface area contributed by atoms with Crippen molar-refractivity contribution in [1.82, 2.24) is 10.3 Å². The van der Waals surface area contributed by atoms with Crippen LogP contribution in [0.3, 0.4) is 0 Å². The van der Waals surface area contributed by atoms with Crippen molar-refractivity contribution in [3.05, 3.63) is 94.9 Å². The number of rotatable bonds is 5. The predicted octanol–water partition coefficient (Wildman–Crippen LogP) is 5.50. The number of aromatic nitrogens is 1. The summed E-state index contributed by atoms with van der Waals surface area (Å²) in [4.78, 5) is 26.9. The normalized spacial score (nSPS) is 11.7. The number of carbonyl (C=O) groups excluding carboxylic acids is 2. The molecule has 0 unspecified atom stereocenters. The maximum Gasteiger partial charge on any atom is 0.251 e. The molecule has 0 bridgehead atoms. The van der Waals surface area contributed by atoms with Gasteiger partial charge in [-0.3, -0.25) is 14.6 Å². The van der Waals surface area contributed by atoms with Gasteiger partial charge in [-0.15, -0.1) is 0 Å². The van der Waals surface area contributed by atoms with Crippen LogP contribution in [0.1, 0.15) is 35.0 Å². The number of benzene rings is 2. The molecule has 0 atom stereocenters. The molecule has 0 spiro atoms. The predicted molar refractivity (Wildman–Crippen MR) is 129 cm³/mol. The second kappa shape index (κ2) is 12.2. The highest BCUT2D eigenvalue weighted by Crippen LogP contribution is 2.26. The fourth-order valence-corrected chi connectivity index (χ4v) is 3.10. The summed E-state index contributed by atoms with van der Waals surface area (Å²) in [6, 6.07) is 21.4. The molecule has 0 saturated heterocycles. The number of carbonyl (C=O) groups is 2. The number of hydrogen-bond donors (Lipinski definition) is 2. The lowest BCUT2D eigenvalue weighted by atomic mass is 10.1. The Hall–Kier alpha value is -3.69. The van der Waals surface area contributed by atoms with Crippen LogP contribution in [0.2, 0.25) is 0 Å². The van der Waals surface area contributed by atoms with E-state index in [1.165, 1.54) is 24.2 Å². The van der Waals surface area contributed by atoms with Gasteiger partial charge in [0, 0.05) is 40.0 Å². The molecule has 0 radical (unpaired) electrons. The Labute approximate surface area is 192 Å². The van der Waals surface area contributed by atoms with E-state index in [2.05, 4.69) is 34.0 Å². The van der Waals surface area contributed by atoms with Gasteiger partial charge in [0.25, 0.3) is 5.91 Å². The van der Waals surface area contributed by atoms with Gasteiger partial charge in [0.1, 0.15) is 0 Å². The summed E-state index contributed by atoms with van der Waals surface area (Å²) in [5.41, 5.74) is 1.48. The van der Waals surface area contributed by atoms with Crippen LogP contribution in [0.5, 0.6) is 0 Å². The summed E-state index contributed by atoms with van der Waals surface area (Å²) >= 11 is 1.46. The zero-order valence-electron chi connectivity index (χ0n) is 17.9. The number of pyridine rings is 1. The minimum absolute atomic E-state index is 0.0519. The molecule has 1 fully saturated rings. The highest BCUT2D eigenvalue weighted by molar-refractivity contribution is 7.08. The van der Waals surface area contributed by atoms with Crippen LogP contribution in [-0.2, 0) is 11.3 Å². The van der Waals surface area contributed by atoms with Gasteiger partial charge in [-0.25, -0.2) is 0 Å². The van der Waals surface area contributed by atoms with E-state index in [-0.39, 0.29) is 5.91 Å². The van der Waals surface area contributed by atoms with E-state index in [0.29, 0.717) is 18.5 Å². The lowest BCUT2D eigenvalue weighted by Gasteiger charge is -2.02. The number of nitrogens with zero attached hydrogens (tertiary/aromatic N) is 1. The summed E-state index contributed by atoms with van der Waals surface area (Å²) in [6.45, 7) is 2.82. The van der Waals surface area contributed by atoms with Gasteiger partial charge in [-0.05, 0) is 47.0 Å². The summed E-state index contributed by atoms with van der Waals surface area (Å²) < 4.78 is 0. The Morgan fingerprint density at radius 1 is 1.16 bits per heavy atom. The molecule has 5 rings (SSSR count). The zero-order chi connectivity index (χ0) is 22.6. The van der Waals surface area contributed by atoms with Crippen molar-refractivity contribution in [1.29, 1.82) is 0 Å². The van der Waals surface area contributed by atoms with Crippen LogP contribution in [-0.4, -0.2) is 17.3 Å². The first-order valence-electron chi connectivity index (χ1n) is 10.4. The molecular weight excluding hydrogens is 418 g/mol. The first-order chi connectivity index (χ1) is 15.7. The topological polar surface area (TPSA) is 71.1 Å². The molecule has 162 valence electrons. The molecule has 0 aliphatic heterocycles. The van der Waals surface area contributed by atoms with Crippen molar-refractivity contribution in [2.24, 2.45) is 5.92 Å². The van der Waals surface area contributed by atoms with Crippen molar-refractivity contribution in [2.45, 2.75) is 26.3 Å². The summed E-state index contributed by atoms with van der Waals surface area (Å²) in [7, 11) is 0.